The van der Waals surface area contributed by atoms with E-state index >= 15 is 0 Å². The van der Waals surface area contributed by atoms with Gasteiger partial charge in [0.25, 0.3) is 0 Å². The molecule has 1 heterocycles. The van der Waals surface area contributed by atoms with Crippen molar-refractivity contribution in [3.63, 3.8) is 0 Å². The van der Waals surface area contributed by atoms with Gasteiger partial charge in [0.2, 0.25) is 11.8 Å². The first-order valence-corrected chi connectivity index (χ1v) is 5.55. The predicted octanol–water partition coefficient (Wildman–Crippen LogP) is 0.933. The lowest BCUT2D eigenvalue weighted by atomic mass is 9.97. The fourth-order valence-corrected chi connectivity index (χ4v) is 1.87. The van der Waals surface area contributed by atoms with Gasteiger partial charge < -0.3 is 5.11 Å². The summed E-state index contributed by atoms with van der Waals surface area (Å²) >= 11 is 0. The number of carbonyl (C=O) groups excluding carboxylic acids is 2. The van der Waals surface area contributed by atoms with Crippen LogP contribution in [0.5, 0.6) is 0 Å². The summed E-state index contributed by atoms with van der Waals surface area (Å²) in [6.07, 6.45) is 1.76. The van der Waals surface area contributed by atoms with Gasteiger partial charge in [0.1, 0.15) is 0 Å². The number of likely N-dealkylation sites (tertiary alicyclic amines) is 1. The Morgan fingerprint density at radius 1 is 1.40 bits per heavy atom. The number of hydrogen-bond acceptors (Lipinski definition) is 3. The third-order valence-electron chi connectivity index (χ3n) is 2.66. The van der Waals surface area contributed by atoms with Crippen LogP contribution in [0.2, 0.25) is 0 Å². The highest BCUT2D eigenvalue weighted by molar-refractivity contribution is 5.97. The first kappa shape index (κ1) is 12.2. The molecule has 1 N–H and O–H groups in total. The van der Waals surface area contributed by atoms with Crippen molar-refractivity contribution in [1.82, 2.24) is 4.90 Å². The van der Waals surface area contributed by atoms with E-state index in [0.717, 1.165) is 6.42 Å². The van der Waals surface area contributed by atoms with Crippen molar-refractivity contribution in [2.24, 2.45) is 5.92 Å². The number of aliphatic hydroxyl groups excluding tert-OH is 1. The number of hydrogen-bond donors (Lipinski definition) is 1. The molecule has 0 aromatic rings. The molecule has 0 spiro atoms. The van der Waals surface area contributed by atoms with E-state index in [-0.39, 0.29) is 24.3 Å². The number of β-amino-alcohol motifs (C(OH)–C–C–N with tert-alkyl or cyclic N) is 1. The number of nitrogens with zero attached hydrogens (tertiary/aromatic N) is 1. The summed E-state index contributed by atoms with van der Waals surface area (Å²) in [4.78, 5) is 24.3. The molecule has 0 radical (unpaired) electrons. The maximum atomic E-state index is 11.5. The molecule has 1 rings (SSSR count). The fourth-order valence-electron chi connectivity index (χ4n) is 1.87. The summed E-state index contributed by atoms with van der Waals surface area (Å²) in [5, 5.41) is 9.56. The van der Waals surface area contributed by atoms with E-state index in [1.165, 1.54) is 4.90 Å². The molecule has 15 heavy (non-hydrogen) atoms. The molecule has 0 aliphatic carbocycles. The Morgan fingerprint density at radius 2 is 1.93 bits per heavy atom. The van der Waals surface area contributed by atoms with E-state index in [2.05, 4.69) is 0 Å². The van der Waals surface area contributed by atoms with Crippen molar-refractivity contribution in [1.29, 1.82) is 0 Å². The van der Waals surface area contributed by atoms with Crippen LogP contribution in [0.4, 0.5) is 0 Å². The van der Waals surface area contributed by atoms with Crippen molar-refractivity contribution in [3.05, 3.63) is 0 Å². The highest BCUT2D eigenvalue weighted by atomic mass is 16.3. The molecule has 0 bridgehead atoms. The molecule has 1 fully saturated rings. The molecule has 4 heteroatoms. The predicted molar refractivity (Wildman–Crippen MR) is 56.0 cm³/mol. The maximum Gasteiger partial charge on any atom is 0.229 e. The Labute approximate surface area is 90.3 Å². The monoisotopic (exact) mass is 213 g/mol. The van der Waals surface area contributed by atoms with E-state index in [0.29, 0.717) is 19.3 Å². The van der Waals surface area contributed by atoms with Gasteiger partial charge in [0.05, 0.1) is 12.6 Å². The van der Waals surface area contributed by atoms with Crippen LogP contribution in [-0.4, -0.2) is 34.5 Å². The Balaban J connectivity index is 2.53. The average molecular weight is 213 g/mol. The van der Waals surface area contributed by atoms with Crippen LogP contribution >= 0.6 is 0 Å². The van der Waals surface area contributed by atoms with Gasteiger partial charge >= 0.3 is 0 Å². The van der Waals surface area contributed by atoms with E-state index in [4.69, 9.17) is 0 Å². The third-order valence-corrected chi connectivity index (χ3v) is 2.66. The summed E-state index contributed by atoms with van der Waals surface area (Å²) < 4.78 is 0. The van der Waals surface area contributed by atoms with Crippen LogP contribution in [0.1, 0.15) is 39.5 Å². The summed E-state index contributed by atoms with van der Waals surface area (Å²) in [7, 11) is 0. The molecule has 1 saturated heterocycles. The van der Waals surface area contributed by atoms with Crippen molar-refractivity contribution >= 4 is 11.8 Å². The number of carbonyl (C=O) groups is 2. The van der Waals surface area contributed by atoms with Crippen LogP contribution in [0, 0.1) is 5.92 Å². The Kier molecular flexibility index (Phi) is 4.27. The van der Waals surface area contributed by atoms with E-state index in [1.54, 1.807) is 0 Å². The second-order valence-corrected chi connectivity index (χ2v) is 4.35. The Hall–Kier alpha value is -0.900. The van der Waals surface area contributed by atoms with Gasteiger partial charge in [-0.3, -0.25) is 14.5 Å². The standard InChI is InChI=1S/C11H19NO3/c1-3-4-9(13)7-12-10(14)5-8(2)6-11(12)15/h8-9,13H,3-7H2,1-2H3. The largest absolute Gasteiger partial charge is 0.391 e. The van der Waals surface area contributed by atoms with Gasteiger partial charge in [-0.25, -0.2) is 0 Å². The zero-order chi connectivity index (χ0) is 11.4. The fraction of sp³-hybridized carbons (Fsp3) is 0.818. The van der Waals surface area contributed by atoms with Crippen molar-refractivity contribution < 1.29 is 14.7 Å². The smallest absolute Gasteiger partial charge is 0.229 e. The normalized spacial score (nSPS) is 20.9. The van der Waals surface area contributed by atoms with E-state index < -0.39 is 6.10 Å². The van der Waals surface area contributed by atoms with Gasteiger partial charge in [-0.05, 0) is 12.3 Å². The molecule has 1 atom stereocenters. The second-order valence-electron chi connectivity index (χ2n) is 4.35. The zero-order valence-electron chi connectivity index (χ0n) is 9.40. The second kappa shape index (κ2) is 5.26. The first-order valence-electron chi connectivity index (χ1n) is 5.55. The van der Waals surface area contributed by atoms with Gasteiger partial charge in [0.15, 0.2) is 0 Å². The van der Waals surface area contributed by atoms with Crippen LogP contribution in [0.15, 0.2) is 0 Å². The minimum absolute atomic E-state index is 0.143. The lowest BCUT2D eigenvalue weighted by molar-refractivity contribution is -0.151. The summed E-state index contributed by atoms with van der Waals surface area (Å²) in [6, 6.07) is 0. The van der Waals surface area contributed by atoms with Crippen molar-refractivity contribution in [2.75, 3.05) is 6.54 Å². The number of piperidine rings is 1. The van der Waals surface area contributed by atoms with Gasteiger partial charge in [-0.2, -0.15) is 0 Å². The molecular weight excluding hydrogens is 194 g/mol. The molecule has 1 unspecified atom stereocenters. The van der Waals surface area contributed by atoms with Crippen LogP contribution in [0.3, 0.4) is 0 Å². The summed E-state index contributed by atoms with van der Waals surface area (Å²) in [6.45, 7) is 4.03. The third kappa shape index (κ3) is 3.30. The topological polar surface area (TPSA) is 57.6 Å². The van der Waals surface area contributed by atoms with Gasteiger partial charge in [-0.15, -0.1) is 0 Å². The number of aliphatic hydroxyl groups is 1. The van der Waals surface area contributed by atoms with Gasteiger partial charge in [0, 0.05) is 12.8 Å². The highest BCUT2D eigenvalue weighted by Gasteiger charge is 2.31. The quantitative estimate of drug-likeness (QED) is 0.707. The van der Waals surface area contributed by atoms with Gasteiger partial charge in [-0.1, -0.05) is 20.3 Å². The molecule has 4 nitrogen and oxygen atoms in total. The van der Waals surface area contributed by atoms with E-state index in [1.807, 2.05) is 13.8 Å². The Morgan fingerprint density at radius 3 is 2.40 bits per heavy atom. The maximum absolute atomic E-state index is 11.5. The molecule has 0 aromatic heterocycles. The highest BCUT2D eigenvalue weighted by Crippen LogP contribution is 2.19. The van der Waals surface area contributed by atoms with Crippen LogP contribution in [-0.2, 0) is 9.59 Å². The molecule has 1 aliphatic heterocycles. The van der Waals surface area contributed by atoms with Crippen LogP contribution in [0.25, 0.3) is 0 Å². The number of rotatable bonds is 4. The minimum Gasteiger partial charge on any atom is -0.391 e. The minimum atomic E-state index is -0.573. The lowest BCUT2D eigenvalue weighted by Crippen LogP contribution is -2.46. The SMILES string of the molecule is CCCC(O)CN1C(=O)CC(C)CC1=O. The molecule has 0 aromatic carbocycles. The Bertz CT molecular complexity index is 234. The molecule has 2 amide bonds. The zero-order valence-corrected chi connectivity index (χ0v) is 9.40. The summed E-state index contributed by atoms with van der Waals surface area (Å²) in [5.41, 5.74) is 0. The van der Waals surface area contributed by atoms with Crippen LogP contribution < -0.4 is 0 Å². The van der Waals surface area contributed by atoms with Crippen molar-refractivity contribution in [2.45, 2.75) is 45.6 Å². The molecule has 86 valence electrons. The average Bonchev–Trinajstić information content (AvgIpc) is 2.11. The number of imide groups is 1. The molecule has 0 saturated carbocycles. The van der Waals surface area contributed by atoms with Crippen molar-refractivity contribution in [3.8, 4) is 0 Å². The van der Waals surface area contributed by atoms with E-state index in [9.17, 15) is 14.7 Å². The molecule has 1 aliphatic rings. The lowest BCUT2D eigenvalue weighted by Gasteiger charge is -2.29. The molecular formula is C11H19NO3. The first-order chi connectivity index (χ1) is 7.04. The summed E-state index contributed by atoms with van der Waals surface area (Å²) in [5.74, 6) is -0.146. The number of amides is 2.